The van der Waals surface area contributed by atoms with Gasteiger partial charge in [-0.2, -0.15) is 5.10 Å². The zero-order chi connectivity index (χ0) is 40.1. The van der Waals surface area contributed by atoms with Gasteiger partial charge in [0.15, 0.2) is 6.10 Å². The Labute approximate surface area is 339 Å². The largest absolute Gasteiger partial charge is 0.464 e. The van der Waals surface area contributed by atoms with E-state index in [2.05, 4.69) is 29.2 Å². The number of amides is 1. The molecule has 1 amide bonds. The number of esters is 1. The van der Waals surface area contributed by atoms with Crippen molar-refractivity contribution in [3.8, 4) is 21.7 Å². The van der Waals surface area contributed by atoms with Crippen LogP contribution in [-0.4, -0.2) is 86.7 Å². The molecule has 12 heteroatoms. The van der Waals surface area contributed by atoms with Crippen LogP contribution in [-0.2, 0) is 26.1 Å². The minimum atomic E-state index is -0.936. The number of piperidine rings is 1. The predicted molar refractivity (Wildman–Crippen MR) is 224 cm³/mol. The minimum absolute atomic E-state index is 0.204. The first-order chi connectivity index (χ1) is 26.5. The van der Waals surface area contributed by atoms with Gasteiger partial charge in [0.05, 0.1) is 33.6 Å². The number of likely N-dealkylation sites (tertiary alicyclic amines) is 2. The Hall–Kier alpha value is -4.03. The highest BCUT2D eigenvalue weighted by Gasteiger charge is 2.38. The molecule has 7 rings (SSSR count). The molecule has 10 nitrogen and oxygen atoms in total. The molecule has 0 spiro atoms. The van der Waals surface area contributed by atoms with E-state index in [1.54, 1.807) is 11.3 Å². The first kappa shape index (κ1) is 40.2. The topological polar surface area (TPSA) is 99.0 Å². The maximum absolute atomic E-state index is 13.6. The standard InChI is InChI=1S/C44H54ClN5O5S/c1-10-53-41(51)38(54-43(3,4)5)35-26(2)23-33-39(36(35)27-11-14-30(45)15-12-27)56-40(46-33)29-13-16-34-32(24-29)37(47-48(34)9)28-17-20-49(21-18-28)25-31-19-22-50(31)42(52)55-44(6,7)8/h11-16,23-24,28,31,38H,10,17-22,25H2,1-9H3/t31-,38+/m1/s1. The van der Waals surface area contributed by atoms with E-state index in [0.29, 0.717) is 10.9 Å². The fourth-order valence-corrected chi connectivity index (χ4v) is 9.23. The number of aryl methyl sites for hydroxylation is 2. The van der Waals surface area contributed by atoms with Gasteiger partial charge in [0.25, 0.3) is 0 Å². The second kappa shape index (κ2) is 15.7. The van der Waals surface area contributed by atoms with E-state index < -0.39 is 23.3 Å². The van der Waals surface area contributed by atoms with Gasteiger partial charge in [-0.1, -0.05) is 23.7 Å². The number of thiazole rings is 1. The summed E-state index contributed by atoms with van der Waals surface area (Å²) in [6.45, 7) is 19.2. The lowest BCUT2D eigenvalue weighted by Crippen LogP contribution is -2.57. The number of aromatic nitrogens is 3. The molecule has 5 aromatic rings. The summed E-state index contributed by atoms with van der Waals surface area (Å²) < 4.78 is 20.7. The summed E-state index contributed by atoms with van der Waals surface area (Å²) in [6, 6.07) is 16.5. The van der Waals surface area contributed by atoms with Crippen LogP contribution in [0.25, 0.3) is 42.8 Å². The van der Waals surface area contributed by atoms with Gasteiger partial charge in [0.1, 0.15) is 10.6 Å². The molecule has 2 aromatic heterocycles. The van der Waals surface area contributed by atoms with Crippen LogP contribution >= 0.6 is 22.9 Å². The average Bonchev–Trinajstić information content (AvgIpc) is 3.68. The number of halogens is 1. The van der Waals surface area contributed by atoms with Crippen LogP contribution in [0, 0.1) is 6.92 Å². The van der Waals surface area contributed by atoms with Crippen molar-refractivity contribution in [1.82, 2.24) is 24.6 Å². The molecule has 0 N–H and O–H groups in total. The Morgan fingerprint density at radius 2 is 1.64 bits per heavy atom. The minimum Gasteiger partial charge on any atom is -0.464 e. The molecule has 0 radical (unpaired) electrons. The van der Waals surface area contributed by atoms with Gasteiger partial charge in [0, 0.05) is 59.2 Å². The highest BCUT2D eigenvalue weighted by Crippen LogP contribution is 2.45. The van der Waals surface area contributed by atoms with Crippen molar-refractivity contribution < 1.29 is 23.8 Å². The lowest BCUT2D eigenvalue weighted by atomic mass is 9.90. The van der Waals surface area contributed by atoms with Gasteiger partial charge in [-0.25, -0.2) is 14.6 Å². The van der Waals surface area contributed by atoms with Crippen molar-refractivity contribution in [2.24, 2.45) is 7.05 Å². The SMILES string of the molecule is CCOC(=O)[C@@H](OC(C)(C)C)c1c(C)cc2nc(-c3ccc4c(c3)c(C3CCN(C[C@H]5CCN5C(=O)OC(C)(C)C)CC3)nn4C)sc2c1-c1ccc(Cl)cc1. The monoisotopic (exact) mass is 799 g/mol. The summed E-state index contributed by atoms with van der Waals surface area (Å²) in [6.07, 6.45) is 1.87. The molecule has 4 heterocycles. The fraction of sp³-hybridized carbons (Fsp3) is 0.500. The fourth-order valence-electron chi connectivity index (χ4n) is 7.98. The average molecular weight is 800 g/mol. The molecule has 298 valence electrons. The maximum atomic E-state index is 13.6. The number of hydrogen-bond acceptors (Lipinski definition) is 9. The number of ether oxygens (including phenoxy) is 3. The highest BCUT2D eigenvalue weighted by atomic mass is 35.5. The van der Waals surface area contributed by atoms with Crippen LogP contribution in [0.4, 0.5) is 4.79 Å². The van der Waals surface area contributed by atoms with E-state index in [4.69, 9.17) is 35.9 Å². The van der Waals surface area contributed by atoms with Crippen molar-refractivity contribution in [2.75, 3.05) is 32.8 Å². The molecule has 2 atom stereocenters. The molecule has 0 unspecified atom stereocenters. The summed E-state index contributed by atoms with van der Waals surface area (Å²) >= 11 is 7.98. The summed E-state index contributed by atoms with van der Waals surface area (Å²) in [5.74, 6) is -0.0933. The van der Waals surface area contributed by atoms with Crippen molar-refractivity contribution >= 4 is 56.1 Å². The highest BCUT2D eigenvalue weighted by molar-refractivity contribution is 7.22. The summed E-state index contributed by atoms with van der Waals surface area (Å²) in [4.78, 5) is 35.9. The number of carbonyl (C=O) groups is 2. The Bertz CT molecular complexity index is 2240. The lowest BCUT2D eigenvalue weighted by Gasteiger charge is -2.44. The van der Waals surface area contributed by atoms with Gasteiger partial charge < -0.3 is 24.0 Å². The van der Waals surface area contributed by atoms with Crippen LogP contribution in [0.2, 0.25) is 5.02 Å². The normalized spacial score (nSPS) is 17.7. The van der Waals surface area contributed by atoms with Crippen LogP contribution in [0.15, 0.2) is 48.5 Å². The molecule has 0 bridgehead atoms. The first-order valence-corrected chi connectivity index (χ1v) is 20.9. The second-order valence-corrected chi connectivity index (χ2v) is 18.6. The number of fused-ring (bicyclic) bond motifs is 2. The van der Waals surface area contributed by atoms with E-state index in [-0.39, 0.29) is 18.7 Å². The van der Waals surface area contributed by atoms with E-state index in [1.165, 1.54) is 0 Å². The molecule has 2 aliphatic heterocycles. The predicted octanol–water partition coefficient (Wildman–Crippen LogP) is 10.1. The number of benzene rings is 3. The Morgan fingerprint density at radius 1 is 0.946 bits per heavy atom. The van der Waals surface area contributed by atoms with Crippen LogP contribution in [0.5, 0.6) is 0 Å². The van der Waals surface area contributed by atoms with Crippen molar-refractivity contribution in [1.29, 1.82) is 0 Å². The third kappa shape index (κ3) is 8.47. The zero-order valence-electron chi connectivity index (χ0n) is 34.1. The summed E-state index contributed by atoms with van der Waals surface area (Å²) in [5.41, 5.74) is 6.47. The lowest BCUT2D eigenvalue weighted by molar-refractivity contribution is -0.166. The van der Waals surface area contributed by atoms with Crippen molar-refractivity contribution in [3.05, 3.63) is 70.4 Å². The first-order valence-electron chi connectivity index (χ1n) is 19.7. The van der Waals surface area contributed by atoms with Crippen molar-refractivity contribution in [3.63, 3.8) is 0 Å². The van der Waals surface area contributed by atoms with E-state index in [0.717, 1.165) is 105 Å². The van der Waals surface area contributed by atoms with E-state index in [1.807, 2.05) is 96.3 Å². The molecule has 2 aliphatic rings. The molecular formula is C44H54ClN5O5S. The van der Waals surface area contributed by atoms with Crippen LogP contribution < -0.4 is 0 Å². The van der Waals surface area contributed by atoms with Gasteiger partial charge in [-0.05, 0) is 135 Å². The molecule has 3 aromatic carbocycles. The van der Waals surface area contributed by atoms with Gasteiger partial charge in [-0.15, -0.1) is 11.3 Å². The third-order valence-electron chi connectivity index (χ3n) is 10.6. The Balaban J connectivity index is 1.20. The Morgan fingerprint density at radius 3 is 2.27 bits per heavy atom. The third-order valence-corrected chi connectivity index (χ3v) is 12.0. The quantitative estimate of drug-likeness (QED) is 0.136. The zero-order valence-corrected chi connectivity index (χ0v) is 35.6. The molecule has 2 fully saturated rings. The number of hydrogen-bond donors (Lipinski definition) is 0. The number of carbonyl (C=O) groups excluding carboxylic acids is 2. The molecule has 0 saturated carbocycles. The molecule has 2 saturated heterocycles. The number of rotatable bonds is 9. The number of nitrogens with zero attached hydrogens (tertiary/aromatic N) is 5. The molecular weight excluding hydrogens is 746 g/mol. The van der Waals surface area contributed by atoms with Gasteiger partial charge in [-0.3, -0.25) is 4.68 Å². The van der Waals surface area contributed by atoms with Crippen LogP contribution in [0.1, 0.15) is 96.6 Å². The van der Waals surface area contributed by atoms with Crippen molar-refractivity contribution in [2.45, 2.75) is 104 Å². The smallest absolute Gasteiger partial charge is 0.410 e. The summed E-state index contributed by atoms with van der Waals surface area (Å²) in [7, 11) is 2.02. The molecule has 0 aliphatic carbocycles. The van der Waals surface area contributed by atoms with Gasteiger partial charge >= 0.3 is 12.1 Å². The van der Waals surface area contributed by atoms with E-state index in [9.17, 15) is 9.59 Å². The van der Waals surface area contributed by atoms with Gasteiger partial charge in [0.2, 0.25) is 0 Å². The van der Waals surface area contributed by atoms with Crippen LogP contribution in [0.3, 0.4) is 0 Å². The van der Waals surface area contributed by atoms with E-state index >= 15 is 0 Å². The molecule has 56 heavy (non-hydrogen) atoms. The second-order valence-electron chi connectivity index (χ2n) is 17.2. The maximum Gasteiger partial charge on any atom is 0.410 e. The summed E-state index contributed by atoms with van der Waals surface area (Å²) in [5, 5.41) is 7.75. The Kier molecular flexibility index (Phi) is 11.3.